The second kappa shape index (κ2) is 6.97. The van der Waals surface area contributed by atoms with Crippen molar-refractivity contribution in [3.8, 4) is 5.69 Å². The van der Waals surface area contributed by atoms with Crippen LogP contribution in [0.5, 0.6) is 0 Å². The van der Waals surface area contributed by atoms with Gasteiger partial charge in [-0.1, -0.05) is 36.4 Å². The summed E-state index contributed by atoms with van der Waals surface area (Å²) in [5.74, 6) is 0.654. The monoisotopic (exact) mass is 369 g/mol. The van der Waals surface area contributed by atoms with Gasteiger partial charge in [0.2, 0.25) is 10.0 Å². The molecule has 0 saturated carbocycles. The zero-order valence-corrected chi connectivity index (χ0v) is 15.0. The van der Waals surface area contributed by atoms with Crippen molar-refractivity contribution in [1.82, 2.24) is 24.5 Å². The average molecular weight is 369 g/mol. The van der Waals surface area contributed by atoms with Gasteiger partial charge < -0.3 is 0 Å². The lowest BCUT2D eigenvalue weighted by Crippen LogP contribution is -2.39. The van der Waals surface area contributed by atoms with Crippen LogP contribution in [0, 0.1) is 0 Å². The van der Waals surface area contributed by atoms with Crippen molar-refractivity contribution in [3.05, 3.63) is 66.5 Å². The Bertz CT molecular complexity index is 973. The normalized spacial score (nSPS) is 18.7. The number of tetrazole rings is 1. The van der Waals surface area contributed by atoms with Gasteiger partial charge in [-0.25, -0.2) is 8.42 Å². The first-order valence-corrected chi connectivity index (χ1v) is 9.99. The molecule has 0 amide bonds. The molecule has 0 spiro atoms. The summed E-state index contributed by atoms with van der Waals surface area (Å²) >= 11 is 0. The van der Waals surface area contributed by atoms with Crippen LogP contribution < -0.4 is 0 Å². The molecule has 2 heterocycles. The third kappa shape index (κ3) is 3.13. The Labute approximate surface area is 152 Å². The molecular weight excluding hydrogens is 350 g/mol. The fourth-order valence-electron chi connectivity index (χ4n) is 3.31. The molecule has 26 heavy (non-hydrogen) atoms. The molecule has 0 aliphatic carbocycles. The Morgan fingerprint density at radius 1 is 0.962 bits per heavy atom. The van der Waals surface area contributed by atoms with E-state index >= 15 is 0 Å². The fraction of sp³-hybridized carbons (Fsp3) is 0.278. The minimum absolute atomic E-state index is 0.0440. The smallest absolute Gasteiger partial charge is 0.207 e. The highest BCUT2D eigenvalue weighted by Gasteiger charge is 2.33. The molecule has 2 aromatic carbocycles. The van der Waals surface area contributed by atoms with Crippen LogP contribution in [0.15, 0.2) is 65.6 Å². The number of nitrogens with zero attached hydrogens (tertiary/aromatic N) is 5. The van der Waals surface area contributed by atoms with E-state index in [9.17, 15) is 8.42 Å². The van der Waals surface area contributed by atoms with E-state index in [1.165, 1.54) is 0 Å². The second-order valence-electron chi connectivity index (χ2n) is 6.30. The molecule has 0 N–H and O–H groups in total. The van der Waals surface area contributed by atoms with Gasteiger partial charge in [0.05, 0.1) is 10.6 Å². The molecule has 0 radical (unpaired) electrons. The number of sulfonamides is 1. The van der Waals surface area contributed by atoms with E-state index in [0.717, 1.165) is 18.5 Å². The molecule has 7 nitrogen and oxygen atoms in total. The molecule has 8 heteroatoms. The third-order valence-electron chi connectivity index (χ3n) is 4.62. The summed E-state index contributed by atoms with van der Waals surface area (Å²) in [6.45, 7) is 0.894. The second-order valence-corrected chi connectivity index (χ2v) is 8.24. The van der Waals surface area contributed by atoms with Crippen molar-refractivity contribution in [2.45, 2.75) is 23.7 Å². The highest BCUT2D eigenvalue weighted by molar-refractivity contribution is 7.89. The molecule has 1 aromatic heterocycles. The molecule has 4 rings (SSSR count). The Balaban J connectivity index is 1.62. The van der Waals surface area contributed by atoms with Gasteiger partial charge >= 0.3 is 0 Å². The van der Waals surface area contributed by atoms with Crippen molar-refractivity contribution in [3.63, 3.8) is 0 Å². The van der Waals surface area contributed by atoms with Crippen LogP contribution >= 0.6 is 0 Å². The maximum absolute atomic E-state index is 12.9. The number of piperidine rings is 1. The highest BCUT2D eigenvalue weighted by atomic mass is 32.2. The average Bonchev–Trinajstić information content (AvgIpc) is 3.19. The number of benzene rings is 2. The predicted octanol–water partition coefficient (Wildman–Crippen LogP) is 2.23. The minimum atomic E-state index is -3.51. The summed E-state index contributed by atoms with van der Waals surface area (Å²) in [6, 6.07) is 18.2. The summed E-state index contributed by atoms with van der Waals surface area (Å²) in [5.41, 5.74) is 0.871. The maximum atomic E-state index is 12.9. The van der Waals surface area contributed by atoms with Gasteiger partial charge in [-0.3, -0.25) is 0 Å². The van der Waals surface area contributed by atoms with Gasteiger partial charge in [0, 0.05) is 19.0 Å². The van der Waals surface area contributed by atoms with Crippen LogP contribution in [0.1, 0.15) is 24.6 Å². The number of aromatic nitrogens is 4. The van der Waals surface area contributed by atoms with E-state index in [1.807, 2.05) is 36.4 Å². The van der Waals surface area contributed by atoms with Gasteiger partial charge in [0.15, 0.2) is 5.82 Å². The minimum Gasteiger partial charge on any atom is -0.207 e. The third-order valence-corrected chi connectivity index (χ3v) is 6.50. The Hall–Kier alpha value is -2.58. The van der Waals surface area contributed by atoms with Crippen LogP contribution in [-0.2, 0) is 10.0 Å². The largest absolute Gasteiger partial charge is 0.243 e. The van der Waals surface area contributed by atoms with E-state index in [-0.39, 0.29) is 5.92 Å². The summed E-state index contributed by atoms with van der Waals surface area (Å²) < 4.78 is 29.1. The van der Waals surface area contributed by atoms with Gasteiger partial charge in [0.25, 0.3) is 0 Å². The molecule has 134 valence electrons. The van der Waals surface area contributed by atoms with Crippen molar-refractivity contribution >= 4 is 10.0 Å². The van der Waals surface area contributed by atoms with E-state index in [2.05, 4.69) is 15.5 Å². The van der Waals surface area contributed by atoms with E-state index in [1.54, 1.807) is 33.3 Å². The zero-order valence-electron chi connectivity index (χ0n) is 14.1. The zero-order chi connectivity index (χ0) is 18.0. The number of hydrogen-bond donors (Lipinski definition) is 0. The Kier molecular flexibility index (Phi) is 4.52. The highest BCUT2D eigenvalue weighted by Crippen LogP contribution is 2.29. The predicted molar refractivity (Wildman–Crippen MR) is 96.3 cm³/mol. The lowest BCUT2D eigenvalue weighted by Gasteiger charge is -2.31. The van der Waals surface area contributed by atoms with Crippen LogP contribution in [0.4, 0.5) is 0 Å². The molecular formula is C18H19N5O2S. The molecule has 1 aliphatic heterocycles. The number of para-hydroxylation sites is 1. The van der Waals surface area contributed by atoms with Gasteiger partial charge in [-0.15, -0.1) is 5.10 Å². The molecule has 1 unspecified atom stereocenters. The number of hydrogen-bond acceptors (Lipinski definition) is 5. The number of rotatable bonds is 4. The van der Waals surface area contributed by atoms with Crippen molar-refractivity contribution in [2.24, 2.45) is 0 Å². The first-order chi connectivity index (χ1) is 12.7. The van der Waals surface area contributed by atoms with Gasteiger partial charge in [0.1, 0.15) is 0 Å². The Morgan fingerprint density at radius 2 is 1.65 bits per heavy atom. The molecule has 0 bridgehead atoms. The lowest BCUT2D eigenvalue weighted by molar-refractivity contribution is 0.307. The lowest BCUT2D eigenvalue weighted by atomic mass is 9.99. The van der Waals surface area contributed by atoms with Crippen molar-refractivity contribution < 1.29 is 8.42 Å². The topological polar surface area (TPSA) is 81.0 Å². The van der Waals surface area contributed by atoms with E-state index < -0.39 is 10.0 Å². The van der Waals surface area contributed by atoms with Crippen molar-refractivity contribution in [1.29, 1.82) is 0 Å². The van der Waals surface area contributed by atoms with Gasteiger partial charge in [-0.2, -0.15) is 8.99 Å². The molecule has 1 atom stereocenters. The van der Waals surface area contributed by atoms with Crippen LogP contribution in [-0.4, -0.2) is 46.0 Å². The molecule has 1 fully saturated rings. The van der Waals surface area contributed by atoms with Gasteiger partial charge in [-0.05, 0) is 47.5 Å². The van der Waals surface area contributed by atoms with E-state index in [0.29, 0.717) is 23.8 Å². The summed E-state index contributed by atoms with van der Waals surface area (Å²) in [4.78, 5) is 0.323. The first-order valence-electron chi connectivity index (χ1n) is 8.55. The quantitative estimate of drug-likeness (QED) is 0.704. The summed E-state index contributed by atoms with van der Waals surface area (Å²) in [5, 5.41) is 12.1. The summed E-state index contributed by atoms with van der Waals surface area (Å²) in [7, 11) is -3.51. The van der Waals surface area contributed by atoms with Crippen LogP contribution in [0.2, 0.25) is 0 Å². The van der Waals surface area contributed by atoms with Crippen LogP contribution in [0.3, 0.4) is 0 Å². The SMILES string of the molecule is O=S(=O)(c1ccccc1)N1CCCC(c2nnnn2-c2ccccc2)C1. The Morgan fingerprint density at radius 3 is 2.38 bits per heavy atom. The summed E-state index contributed by atoms with van der Waals surface area (Å²) in [6.07, 6.45) is 1.63. The standard InChI is InChI=1S/C18H19N5O2S/c24-26(25,17-11-5-2-6-12-17)22-13-7-8-15(14-22)18-19-20-21-23(18)16-9-3-1-4-10-16/h1-6,9-12,15H,7-8,13-14H2. The van der Waals surface area contributed by atoms with Crippen molar-refractivity contribution in [2.75, 3.05) is 13.1 Å². The fourth-order valence-corrected chi connectivity index (χ4v) is 4.86. The molecule has 3 aromatic rings. The maximum Gasteiger partial charge on any atom is 0.243 e. The van der Waals surface area contributed by atoms with Crippen LogP contribution in [0.25, 0.3) is 5.69 Å². The molecule has 1 aliphatic rings. The first kappa shape index (κ1) is 16.9. The van der Waals surface area contributed by atoms with E-state index in [4.69, 9.17) is 0 Å². The molecule has 1 saturated heterocycles.